The Morgan fingerprint density at radius 1 is 1.14 bits per heavy atom. The molecule has 0 bridgehead atoms. The number of nitrogens with one attached hydrogen (secondary N) is 1. The van der Waals surface area contributed by atoms with Crippen LogP contribution in [0.15, 0.2) is 53.4 Å². The number of thioether (sulfide) groups is 1. The maximum atomic E-state index is 12.8. The second-order valence-electron chi connectivity index (χ2n) is 5.34. The van der Waals surface area contributed by atoms with Crippen molar-refractivity contribution in [3.63, 3.8) is 0 Å². The SMILES string of the molecule is CC(C)c1ccccc1NC(=O)CCSc1ccc(F)cc1. The average molecular weight is 317 g/mol. The summed E-state index contributed by atoms with van der Waals surface area (Å²) in [4.78, 5) is 13.0. The molecule has 0 aliphatic heterocycles. The van der Waals surface area contributed by atoms with Gasteiger partial charge in [0.25, 0.3) is 0 Å². The number of para-hydroxylation sites is 1. The van der Waals surface area contributed by atoms with Crippen LogP contribution in [-0.2, 0) is 4.79 Å². The summed E-state index contributed by atoms with van der Waals surface area (Å²) in [5.41, 5.74) is 2.02. The average Bonchev–Trinajstić information content (AvgIpc) is 2.49. The molecule has 0 saturated heterocycles. The smallest absolute Gasteiger partial charge is 0.225 e. The van der Waals surface area contributed by atoms with Crippen LogP contribution in [0.2, 0.25) is 0 Å². The number of benzene rings is 2. The van der Waals surface area contributed by atoms with Crippen molar-refractivity contribution in [2.45, 2.75) is 31.1 Å². The van der Waals surface area contributed by atoms with Crippen molar-refractivity contribution in [2.24, 2.45) is 0 Å². The summed E-state index contributed by atoms with van der Waals surface area (Å²) in [6, 6.07) is 14.2. The number of hydrogen-bond acceptors (Lipinski definition) is 2. The molecule has 0 unspecified atom stereocenters. The van der Waals surface area contributed by atoms with E-state index in [0.29, 0.717) is 18.1 Å². The summed E-state index contributed by atoms with van der Waals surface area (Å²) in [5, 5.41) is 2.97. The minimum absolute atomic E-state index is 0.00251. The number of amides is 1. The summed E-state index contributed by atoms with van der Waals surface area (Å²) in [6.45, 7) is 4.21. The lowest BCUT2D eigenvalue weighted by atomic mass is 10.0. The molecule has 2 rings (SSSR count). The molecular formula is C18H20FNOS. The van der Waals surface area contributed by atoms with Gasteiger partial charge in [-0.3, -0.25) is 4.79 Å². The van der Waals surface area contributed by atoms with Gasteiger partial charge in [0.05, 0.1) is 0 Å². The lowest BCUT2D eigenvalue weighted by molar-refractivity contribution is -0.115. The van der Waals surface area contributed by atoms with Crippen molar-refractivity contribution in [1.29, 1.82) is 0 Å². The molecule has 4 heteroatoms. The van der Waals surface area contributed by atoms with Crippen LogP contribution in [0.5, 0.6) is 0 Å². The van der Waals surface area contributed by atoms with E-state index in [1.165, 1.54) is 12.1 Å². The molecule has 2 aromatic rings. The number of carbonyl (C=O) groups is 1. The molecule has 0 aromatic heterocycles. The first-order chi connectivity index (χ1) is 10.6. The van der Waals surface area contributed by atoms with Crippen molar-refractivity contribution in [3.05, 3.63) is 59.9 Å². The Bertz CT molecular complexity index is 625. The molecule has 0 radical (unpaired) electrons. The van der Waals surface area contributed by atoms with Gasteiger partial charge in [-0.05, 0) is 41.8 Å². The fraction of sp³-hybridized carbons (Fsp3) is 0.278. The number of hydrogen-bond donors (Lipinski definition) is 1. The molecule has 0 aliphatic rings. The maximum absolute atomic E-state index is 12.8. The summed E-state index contributed by atoms with van der Waals surface area (Å²) in [6.07, 6.45) is 0.425. The third kappa shape index (κ3) is 4.88. The molecule has 2 nitrogen and oxygen atoms in total. The van der Waals surface area contributed by atoms with Crippen LogP contribution >= 0.6 is 11.8 Å². The van der Waals surface area contributed by atoms with Gasteiger partial charge < -0.3 is 5.32 Å². The molecule has 2 aromatic carbocycles. The molecule has 0 heterocycles. The normalized spacial score (nSPS) is 10.7. The first kappa shape index (κ1) is 16.6. The third-order valence-corrected chi connectivity index (χ3v) is 4.28. The van der Waals surface area contributed by atoms with Crippen LogP contribution in [0.4, 0.5) is 10.1 Å². The first-order valence-electron chi connectivity index (χ1n) is 7.33. The fourth-order valence-corrected chi connectivity index (χ4v) is 2.97. The second-order valence-corrected chi connectivity index (χ2v) is 6.51. The summed E-state index contributed by atoms with van der Waals surface area (Å²) >= 11 is 1.55. The van der Waals surface area contributed by atoms with Gasteiger partial charge in [0, 0.05) is 22.8 Å². The van der Waals surface area contributed by atoms with Crippen LogP contribution < -0.4 is 5.32 Å². The molecule has 0 spiro atoms. The quantitative estimate of drug-likeness (QED) is 0.754. The molecule has 0 atom stereocenters. The Kier molecular flexibility index (Phi) is 6.01. The Morgan fingerprint density at radius 3 is 2.50 bits per heavy atom. The standard InChI is InChI=1S/C18H20FNOS/c1-13(2)16-5-3-4-6-17(16)20-18(21)11-12-22-15-9-7-14(19)8-10-15/h3-10,13H,11-12H2,1-2H3,(H,20,21). The van der Waals surface area contributed by atoms with E-state index in [2.05, 4.69) is 19.2 Å². The maximum Gasteiger partial charge on any atom is 0.225 e. The highest BCUT2D eigenvalue weighted by Gasteiger charge is 2.09. The molecule has 22 heavy (non-hydrogen) atoms. The highest BCUT2D eigenvalue weighted by molar-refractivity contribution is 7.99. The first-order valence-corrected chi connectivity index (χ1v) is 8.32. The van der Waals surface area contributed by atoms with Crippen LogP contribution in [-0.4, -0.2) is 11.7 Å². The van der Waals surface area contributed by atoms with Crippen LogP contribution in [0.25, 0.3) is 0 Å². The summed E-state index contributed by atoms with van der Waals surface area (Å²) in [5.74, 6) is 0.793. The van der Waals surface area contributed by atoms with Crippen LogP contribution in [0, 0.1) is 5.82 Å². The summed E-state index contributed by atoms with van der Waals surface area (Å²) in [7, 11) is 0. The fourth-order valence-electron chi connectivity index (χ4n) is 2.12. The van der Waals surface area contributed by atoms with Crippen LogP contribution in [0.1, 0.15) is 31.7 Å². The molecule has 0 fully saturated rings. The molecule has 1 amide bonds. The third-order valence-electron chi connectivity index (χ3n) is 3.27. The van der Waals surface area contributed by atoms with E-state index in [4.69, 9.17) is 0 Å². The second kappa shape index (κ2) is 7.99. The topological polar surface area (TPSA) is 29.1 Å². The van der Waals surface area contributed by atoms with Gasteiger partial charge in [0.2, 0.25) is 5.91 Å². The van der Waals surface area contributed by atoms with Gasteiger partial charge in [-0.15, -0.1) is 11.8 Å². The molecule has 0 aliphatic carbocycles. The van der Waals surface area contributed by atoms with E-state index < -0.39 is 0 Å². The number of rotatable bonds is 6. The van der Waals surface area contributed by atoms with E-state index in [0.717, 1.165) is 16.1 Å². The van der Waals surface area contributed by atoms with Crippen molar-refractivity contribution in [3.8, 4) is 0 Å². The molecular weight excluding hydrogens is 297 g/mol. The lowest BCUT2D eigenvalue weighted by Crippen LogP contribution is -2.13. The zero-order valence-corrected chi connectivity index (χ0v) is 13.6. The zero-order valence-electron chi connectivity index (χ0n) is 12.8. The molecule has 0 saturated carbocycles. The number of carbonyl (C=O) groups excluding carboxylic acids is 1. The number of anilines is 1. The van der Waals surface area contributed by atoms with Gasteiger partial charge in [-0.1, -0.05) is 32.0 Å². The predicted octanol–water partition coefficient (Wildman–Crippen LogP) is 5.07. The van der Waals surface area contributed by atoms with E-state index in [-0.39, 0.29) is 11.7 Å². The van der Waals surface area contributed by atoms with Gasteiger partial charge in [-0.2, -0.15) is 0 Å². The van der Waals surface area contributed by atoms with Crippen LogP contribution in [0.3, 0.4) is 0 Å². The van der Waals surface area contributed by atoms with Crippen molar-refractivity contribution in [1.82, 2.24) is 0 Å². The molecule has 1 N–H and O–H groups in total. The van der Waals surface area contributed by atoms with E-state index in [9.17, 15) is 9.18 Å². The summed E-state index contributed by atoms with van der Waals surface area (Å²) < 4.78 is 12.8. The lowest BCUT2D eigenvalue weighted by Gasteiger charge is -2.13. The monoisotopic (exact) mass is 317 g/mol. The van der Waals surface area contributed by atoms with E-state index in [1.807, 2.05) is 24.3 Å². The largest absolute Gasteiger partial charge is 0.326 e. The highest BCUT2D eigenvalue weighted by Crippen LogP contribution is 2.24. The minimum atomic E-state index is -0.243. The Hall–Kier alpha value is -1.81. The van der Waals surface area contributed by atoms with Gasteiger partial charge >= 0.3 is 0 Å². The Labute approximate surface area is 135 Å². The van der Waals surface area contributed by atoms with E-state index >= 15 is 0 Å². The van der Waals surface area contributed by atoms with Gasteiger partial charge in [0.15, 0.2) is 0 Å². The predicted molar refractivity (Wildman–Crippen MR) is 90.9 cm³/mol. The Balaban J connectivity index is 1.84. The highest BCUT2D eigenvalue weighted by atomic mass is 32.2. The van der Waals surface area contributed by atoms with Crippen molar-refractivity contribution >= 4 is 23.4 Å². The van der Waals surface area contributed by atoms with Crippen molar-refractivity contribution < 1.29 is 9.18 Å². The molecule has 116 valence electrons. The minimum Gasteiger partial charge on any atom is -0.326 e. The van der Waals surface area contributed by atoms with E-state index in [1.54, 1.807) is 23.9 Å². The van der Waals surface area contributed by atoms with Gasteiger partial charge in [-0.25, -0.2) is 4.39 Å². The number of halogens is 1. The Morgan fingerprint density at radius 2 is 1.82 bits per heavy atom. The van der Waals surface area contributed by atoms with Gasteiger partial charge in [0.1, 0.15) is 5.82 Å². The van der Waals surface area contributed by atoms with Crippen molar-refractivity contribution in [2.75, 3.05) is 11.1 Å². The zero-order chi connectivity index (χ0) is 15.9.